The quantitative estimate of drug-likeness (QED) is 0.775. The molecular weight excluding hydrogens is 211 g/mol. The molecule has 0 saturated heterocycles. The average molecular weight is 219 g/mol. The van der Waals surface area contributed by atoms with Crippen molar-refractivity contribution < 1.29 is 4.79 Å². The van der Waals surface area contributed by atoms with E-state index in [-0.39, 0.29) is 11.8 Å². The lowest BCUT2D eigenvalue weighted by Gasteiger charge is -2.03. The van der Waals surface area contributed by atoms with Crippen LogP contribution in [0.2, 0.25) is 5.02 Å². The first-order valence-electron chi connectivity index (χ1n) is 3.62. The van der Waals surface area contributed by atoms with Gasteiger partial charge in [0.2, 0.25) is 5.91 Å². The molecule has 0 bridgehead atoms. The summed E-state index contributed by atoms with van der Waals surface area (Å²) in [4.78, 5) is 14.9. The number of amides is 1. The summed E-state index contributed by atoms with van der Waals surface area (Å²) in [5.74, 6) is 0.104. The van der Waals surface area contributed by atoms with Crippen LogP contribution in [0, 0.1) is 6.92 Å². The van der Waals surface area contributed by atoms with E-state index in [1.54, 1.807) is 19.1 Å². The molecule has 0 fully saturated rings. The van der Waals surface area contributed by atoms with Crippen molar-refractivity contribution in [3.05, 3.63) is 22.8 Å². The zero-order valence-electron chi connectivity index (χ0n) is 6.97. The summed E-state index contributed by atoms with van der Waals surface area (Å²) in [6, 6.07) is 3.30. The van der Waals surface area contributed by atoms with Gasteiger partial charge in [-0.25, -0.2) is 4.98 Å². The summed E-state index contributed by atoms with van der Waals surface area (Å²) in [5.41, 5.74) is 0.675. The lowest BCUT2D eigenvalue weighted by Crippen LogP contribution is -2.13. The smallest absolute Gasteiger partial charge is 0.240 e. The fourth-order valence-corrected chi connectivity index (χ4v) is 0.962. The summed E-state index contributed by atoms with van der Waals surface area (Å²) in [6.07, 6.45) is 0. The van der Waals surface area contributed by atoms with Crippen LogP contribution in [-0.4, -0.2) is 16.8 Å². The molecule has 70 valence electrons. The molecule has 0 atom stereocenters. The minimum Gasteiger partial charge on any atom is -0.310 e. The predicted octanol–water partition coefficient (Wildman–Crippen LogP) is 2.22. The van der Waals surface area contributed by atoms with Gasteiger partial charge in [0.1, 0.15) is 11.7 Å². The minimum absolute atomic E-state index is 0.0800. The van der Waals surface area contributed by atoms with Crippen molar-refractivity contribution in [2.75, 3.05) is 11.2 Å². The van der Waals surface area contributed by atoms with Crippen LogP contribution in [-0.2, 0) is 4.79 Å². The molecule has 0 aliphatic carbocycles. The Bertz CT molecular complexity index is 328. The van der Waals surface area contributed by atoms with Gasteiger partial charge in [0.15, 0.2) is 0 Å². The molecule has 3 nitrogen and oxygen atoms in total. The second-order valence-electron chi connectivity index (χ2n) is 2.45. The molecule has 5 heteroatoms. The SMILES string of the molecule is Cc1nc(NC(=O)CCl)ccc1Cl. The molecular formula is C8H8Cl2N2O. The summed E-state index contributed by atoms with van der Waals surface area (Å²) in [7, 11) is 0. The van der Waals surface area contributed by atoms with Crippen LogP contribution in [0.5, 0.6) is 0 Å². The molecule has 1 heterocycles. The van der Waals surface area contributed by atoms with E-state index in [2.05, 4.69) is 10.3 Å². The molecule has 0 unspecified atom stereocenters. The highest BCUT2D eigenvalue weighted by molar-refractivity contribution is 6.31. The van der Waals surface area contributed by atoms with E-state index in [1.807, 2.05) is 0 Å². The fraction of sp³-hybridized carbons (Fsp3) is 0.250. The molecule has 0 aromatic carbocycles. The van der Waals surface area contributed by atoms with Gasteiger partial charge >= 0.3 is 0 Å². The first-order valence-corrected chi connectivity index (χ1v) is 4.53. The monoisotopic (exact) mass is 218 g/mol. The highest BCUT2D eigenvalue weighted by Crippen LogP contribution is 2.15. The van der Waals surface area contributed by atoms with Crippen LogP contribution in [0.3, 0.4) is 0 Å². The number of halogens is 2. The molecule has 1 rings (SSSR count). The molecule has 13 heavy (non-hydrogen) atoms. The Hall–Kier alpha value is -0.800. The first kappa shape index (κ1) is 10.3. The maximum atomic E-state index is 10.9. The number of alkyl halides is 1. The van der Waals surface area contributed by atoms with Crippen LogP contribution in [0.15, 0.2) is 12.1 Å². The second-order valence-corrected chi connectivity index (χ2v) is 3.12. The molecule has 1 amide bonds. The maximum Gasteiger partial charge on any atom is 0.240 e. The van der Waals surface area contributed by atoms with Gasteiger partial charge in [-0.05, 0) is 19.1 Å². The fourth-order valence-electron chi connectivity index (χ4n) is 0.790. The van der Waals surface area contributed by atoms with Crippen molar-refractivity contribution in [2.45, 2.75) is 6.92 Å². The van der Waals surface area contributed by atoms with Crippen LogP contribution in [0.4, 0.5) is 5.82 Å². The minimum atomic E-state index is -0.282. The lowest BCUT2D eigenvalue weighted by molar-refractivity contribution is -0.113. The van der Waals surface area contributed by atoms with Crippen molar-refractivity contribution in [1.82, 2.24) is 4.98 Å². The summed E-state index contributed by atoms with van der Waals surface area (Å²) in [5, 5.41) is 3.09. The van der Waals surface area contributed by atoms with Gasteiger partial charge in [-0.2, -0.15) is 0 Å². The Morgan fingerprint density at radius 2 is 2.31 bits per heavy atom. The first-order chi connectivity index (χ1) is 6.13. The van der Waals surface area contributed by atoms with Gasteiger partial charge in [-0.3, -0.25) is 4.79 Å². The predicted molar refractivity (Wildman–Crippen MR) is 53.3 cm³/mol. The number of carbonyl (C=O) groups is 1. The van der Waals surface area contributed by atoms with E-state index in [1.165, 1.54) is 0 Å². The zero-order chi connectivity index (χ0) is 9.84. The third-order valence-corrected chi connectivity index (χ3v) is 2.05. The van der Waals surface area contributed by atoms with Gasteiger partial charge in [0.05, 0.1) is 10.7 Å². The van der Waals surface area contributed by atoms with Gasteiger partial charge in [0, 0.05) is 0 Å². The highest BCUT2D eigenvalue weighted by Gasteiger charge is 2.02. The van der Waals surface area contributed by atoms with E-state index in [4.69, 9.17) is 23.2 Å². The highest BCUT2D eigenvalue weighted by atomic mass is 35.5. The Kier molecular flexibility index (Phi) is 3.51. The molecule has 0 saturated carbocycles. The van der Waals surface area contributed by atoms with Gasteiger partial charge in [0.25, 0.3) is 0 Å². The number of hydrogen-bond donors (Lipinski definition) is 1. The summed E-state index contributed by atoms with van der Waals surface area (Å²) >= 11 is 11.1. The van der Waals surface area contributed by atoms with Crippen LogP contribution < -0.4 is 5.32 Å². The molecule has 0 aliphatic rings. The average Bonchev–Trinajstić information content (AvgIpc) is 2.11. The Labute approximate surface area is 86.1 Å². The lowest BCUT2D eigenvalue weighted by atomic mass is 10.3. The number of carbonyl (C=O) groups excluding carboxylic acids is 1. The molecule has 0 radical (unpaired) electrons. The maximum absolute atomic E-state index is 10.9. The number of hydrogen-bond acceptors (Lipinski definition) is 2. The summed E-state index contributed by atoms with van der Waals surface area (Å²) in [6.45, 7) is 1.76. The molecule has 1 aromatic rings. The summed E-state index contributed by atoms with van der Waals surface area (Å²) < 4.78 is 0. The number of anilines is 1. The zero-order valence-corrected chi connectivity index (χ0v) is 8.49. The Morgan fingerprint density at radius 3 is 2.85 bits per heavy atom. The number of aromatic nitrogens is 1. The van der Waals surface area contributed by atoms with E-state index >= 15 is 0 Å². The number of rotatable bonds is 2. The second kappa shape index (κ2) is 4.44. The Balaban J connectivity index is 2.79. The van der Waals surface area contributed by atoms with E-state index < -0.39 is 0 Å². The van der Waals surface area contributed by atoms with Crippen LogP contribution in [0.1, 0.15) is 5.69 Å². The molecule has 1 N–H and O–H groups in total. The topological polar surface area (TPSA) is 42.0 Å². The number of nitrogens with zero attached hydrogens (tertiary/aromatic N) is 1. The molecule has 1 aromatic heterocycles. The van der Waals surface area contributed by atoms with Crippen molar-refractivity contribution in [1.29, 1.82) is 0 Å². The van der Waals surface area contributed by atoms with Crippen molar-refractivity contribution >= 4 is 34.9 Å². The third kappa shape index (κ3) is 2.86. The van der Waals surface area contributed by atoms with Crippen molar-refractivity contribution in [3.8, 4) is 0 Å². The van der Waals surface area contributed by atoms with Crippen LogP contribution >= 0.6 is 23.2 Å². The molecule has 0 spiro atoms. The Morgan fingerprint density at radius 1 is 1.62 bits per heavy atom. The van der Waals surface area contributed by atoms with Crippen molar-refractivity contribution in [2.24, 2.45) is 0 Å². The van der Waals surface area contributed by atoms with Gasteiger partial charge in [-0.15, -0.1) is 11.6 Å². The largest absolute Gasteiger partial charge is 0.310 e. The molecule has 0 aliphatic heterocycles. The van der Waals surface area contributed by atoms with E-state index in [0.29, 0.717) is 16.5 Å². The van der Waals surface area contributed by atoms with Crippen LogP contribution in [0.25, 0.3) is 0 Å². The number of nitrogens with one attached hydrogen (secondary N) is 1. The van der Waals surface area contributed by atoms with E-state index in [0.717, 1.165) is 0 Å². The number of aryl methyl sites for hydroxylation is 1. The van der Waals surface area contributed by atoms with E-state index in [9.17, 15) is 4.79 Å². The van der Waals surface area contributed by atoms with Crippen molar-refractivity contribution in [3.63, 3.8) is 0 Å². The van der Waals surface area contributed by atoms with Gasteiger partial charge in [-0.1, -0.05) is 11.6 Å². The number of pyridine rings is 1. The standard InChI is InChI=1S/C8H8Cl2N2O/c1-5-6(10)2-3-7(11-5)12-8(13)4-9/h2-3H,4H2,1H3,(H,11,12,13). The third-order valence-electron chi connectivity index (χ3n) is 1.41. The van der Waals surface area contributed by atoms with Gasteiger partial charge < -0.3 is 5.32 Å². The normalized spacial score (nSPS) is 9.77.